The molecule has 25 heavy (non-hydrogen) atoms. The molecular weight excluding hydrogens is 324 g/mol. The highest BCUT2D eigenvalue weighted by atomic mass is 32.1. The molecule has 1 aliphatic rings. The smallest absolute Gasteiger partial charge is 0.0800 e. The molecule has 0 aliphatic heterocycles. The van der Waals surface area contributed by atoms with Gasteiger partial charge >= 0.3 is 0 Å². The van der Waals surface area contributed by atoms with Crippen molar-refractivity contribution in [3.63, 3.8) is 0 Å². The van der Waals surface area contributed by atoms with Crippen molar-refractivity contribution in [2.24, 2.45) is 0 Å². The summed E-state index contributed by atoms with van der Waals surface area (Å²) in [5.74, 6) is 0. The third-order valence-corrected chi connectivity index (χ3v) is 4.99. The van der Waals surface area contributed by atoms with Crippen molar-refractivity contribution in [3.8, 4) is 0 Å². The summed E-state index contributed by atoms with van der Waals surface area (Å²) in [5.41, 5.74) is 2.62. The molecule has 0 amide bonds. The lowest BCUT2D eigenvalue weighted by atomic mass is 9.90. The fourth-order valence-corrected chi connectivity index (χ4v) is 3.75. The van der Waals surface area contributed by atoms with Gasteiger partial charge in [0, 0.05) is 25.0 Å². The second-order valence-electron chi connectivity index (χ2n) is 6.59. The van der Waals surface area contributed by atoms with Crippen LogP contribution in [0.3, 0.4) is 0 Å². The first-order chi connectivity index (χ1) is 11.8. The van der Waals surface area contributed by atoms with E-state index in [1.54, 1.807) is 0 Å². The van der Waals surface area contributed by atoms with Crippen LogP contribution in [0.5, 0.6) is 0 Å². The highest BCUT2D eigenvalue weighted by Crippen LogP contribution is 2.19. The normalized spacial score (nSPS) is 19.7. The van der Waals surface area contributed by atoms with Gasteiger partial charge in [0.15, 0.2) is 0 Å². The molecule has 1 fully saturated rings. The molecule has 2 atom stereocenters. The van der Waals surface area contributed by atoms with E-state index in [9.17, 15) is 0 Å². The Morgan fingerprint density at radius 2 is 1.40 bits per heavy atom. The summed E-state index contributed by atoms with van der Waals surface area (Å²) in [7, 11) is 0. The summed E-state index contributed by atoms with van der Waals surface area (Å²) in [5, 5.41) is 7.36. The van der Waals surface area contributed by atoms with Crippen molar-refractivity contribution in [1.82, 2.24) is 10.6 Å². The standard InChI is InChI=1S/C21H26N2S.CH4/c24-21(15-17-9-3-1-4-10-17)23-20-14-8-7-13-19(20)22-16-18-11-5-2-6-12-18;/h1-6,9-12,19-20,22H,7-8,13-16H2,(H,23,24);1H4/t19-,20-;/m1./s1. The first kappa shape index (κ1) is 19.6. The quantitative estimate of drug-likeness (QED) is 0.723. The summed E-state index contributed by atoms with van der Waals surface area (Å²) in [6.07, 6.45) is 5.84. The third kappa shape index (κ3) is 6.26. The van der Waals surface area contributed by atoms with Gasteiger partial charge in [0.1, 0.15) is 0 Å². The van der Waals surface area contributed by atoms with Gasteiger partial charge in [0.25, 0.3) is 0 Å². The van der Waals surface area contributed by atoms with Crippen molar-refractivity contribution >= 4 is 17.2 Å². The maximum absolute atomic E-state index is 5.61. The molecule has 2 aromatic carbocycles. The van der Waals surface area contributed by atoms with Crippen LogP contribution in [0.2, 0.25) is 0 Å². The van der Waals surface area contributed by atoms with E-state index >= 15 is 0 Å². The van der Waals surface area contributed by atoms with Gasteiger partial charge in [-0.15, -0.1) is 0 Å². The van der Waals surface area contributed by atoms with E-state index in [0.29, 0.717) is 12.1 Å². The van der Waals surface area contributed by atoms with Gasteiger partial charge in [-0.05, 0) is 24.0 Å². The van der Waals surface area contributed by atoms with Crippen LogP contribution < -0.4 is 10.6 Å². The van der Waals surface area contributed by atoms with Gasteiger partial charge in [0.05, 0.1) is 4.99 Å². The van der Waals surface area contributed by atoms with Gasteiger partial charge < -0.3 is 10.6 Å². The van der Waals surface area contributed by atoms with Crippen molar-refractivity contribution in [1.29, 1.82) is 0 Å². The number of benzene rings is 2. The molecule has 0 heterocycles. The van der Waals surface area contributed by atoms with Crippen LogP contribution >= 0.6 is 12.2 Å². The Balaban J connectivity index is 0.00000225. The number of rotatable bonds is 6. The Morgan fingerprint density at radius 3 is 2.04 bits per heavy atom. The van der Waals surface area contributed by atoms with E-state index in [0.717, 1.165) is 18.0 Å². The fraction of sp³-hybridized carbons (Fsp3) is 0.409. The first-order valence-electron chi connectivity index (χ1n) is 8.92. The number of nitrogens with one attached hydrogen (secondary N) is 2. The molecule has 0 spiro atoms. The molecule has 2 nitrogen and oxygen atoms in total. The molecule has 0 bridgehead atoms. The molecule has 0 radical (unpaired) electrons. The number of thiocarbonyl (C=S) groups is 1. The average molecular weight is 355 g/mol. The molecule has 1 aliphatic carbocycles. The predicted molar refractivity (Wildman–Crippen MR) is 112 cm³/mol. The van der Waals surface area contributed by atoms with Gasteiger partial charge in [0.2, 0.25) is 0 Å². The average Bonchev–Trinajstić information content (AvgIpc) is 2.63. The second-order valence-corrected chi connectivity index (χ2v) is 7.09. The first-order valence-corrected chi connectivity index (χ1v) is 9.33. The van der Waals surface area contributed by atoms with Crippen molar-refractivity contribution in [3.05, 3.63) is 71.8 Å². The number of hydrogen-bond donors (Lipinski definition) is 2. The summed E-state index contributed by atoms with van der Waals surface area (Å²) in [6, 6.07) is 22.0. The highest BCUT2D eigenvalue weighted by molar-refractivity contribution is 7.80. The Bertz CT molecular complexity index is 627. The van der Waals surface area contributed by atoms with Gasteiger partial charge in [-0.1, -0.05) is 93.1 Å². The van der Waals surface area contributed by atoms with E-state index < -0.39 is 0 Å². The van der Waals surface area contributed by atoms with Crippen molar-refractivity contribution < 1.29 is 0 Å². The van der Waals surface area contributed by atoms with Crippen LogP contribution in [-0.4, -0.2) is 17.1 Å². The van der Waals surface area contributed by atoms with Crippen LogP contribution in [0.4, 0.5) is 0 Å². The summed E-state index contributed by atoms with van der Waals surface area (Å²) in [4.78, 5) is 0.958. The van der Waals surface area contributed by atoms with Gasteiger partial charge in [-0.25, -0.2) is 0 Å². The zero-order chi connectivity index (χ0) is 16.6. The summed E-state index contributed by atoms with van der Waals surface area (Å²) >= 11 is 5.61. The van der Waals surface area contributed by atoms with Crippen LogP contribution in [-0.2, 0) is 13.0 Å². The zero-order valence-electron chi connectivity index (χ0n) is 14.1. The van der Waals surface area contributed by atoms with Crippen LogP contribution in [0.1, 0.15) is 44.2 Å². The fourth-order valence-electron chi connectivity index (χ4n) is 3.43. The zero-order valence-corrected chi connectivity index (χ0v) is 14.9. The van der Waals surface area contributed by atoms with E-state index in [1.807, 2.05) is 6.07 Å². The molecule has 0 saturated heterocycles. The minimum absolute atomic E-state index is 0. The van der Waals surface area contributed by atoms with Crippen LogP contribution in [0.25, 0.3) is 0 Å². The van der Waals surface area contributed by atoms with E-state index in [-0.39, 0.29) is 7.43 Å². The van der Waals surface area contributed by atoms with Crippen molar-refractivity contribution in [2.45, 2.75) is 58.2 Å². The van der Waals surface area contributed by atoms with Crippen LogP contribution in [0.15, 0.2) is 60.7 Å². The molecule has 2 N–H and O–H groups in total. The maximum Gasteiger partial charge on any atom is 0.0800 e. The lowest BCUT2D eigenvalue weighted by Gasteiger charge is -2.34. The monoisotopic (exact) mass is 354 g/mol. The van der Waals surface area contributed by atoms with Crippen LogP contribution in [0, 0.1) is 0 Å². The Kier molecular flexibility index (Phi) is 8.10. The highest BCUT2D eigenvalue weighted by Gasteiger charge is 2.25. The Hall–Kier alpha value is -1.71. The second kappa shape index (κ2) is 10.3. The summed E-state index contributed by atoms with van der Waals surface area (Å²) < 4.78 is 0. The van der Waals surface area contributed by atoms with E-state index in [4.69, 9.17) is 12.2 Å². The minimum Gasteiger partial charge on any atom is -0.375 e. The lowest BCUT2D eigenvalue weighted by molar-refractivity contribution is 0.307. The summed E-state index contributed by atoms with van der Waals surface area (Å²) in [6.45, 7) is 0.926. The minimum atomic E-state index is 0. The maximum atomic E-state index is 5.61. The van der Waals surface area contributed by atoms with E-state index in [2.05, 4.69) is 65.2 Å². The van der Waals surface area contributed by atoms with Crippen molar-refractivity contribution in [2.75, 3.05) is 0 Å². The Labute approximate surface area is 158 Å². The molecule has 3 heteroatoms. The SMILES string of the molecule is C.S=C(Cc1ccccc1)N[C@@H]1CCCC[C@H]1NCc1ccccc1. The van der Waals surface area contributed by atoms with Gasteiger partial charge in [-0.2, -0.15) is 0 Å². The molecular formula is C22H30N2S. The predicted octanol–water partition coefficient (Wildman–Crippen LogP) is 4.88. The Morgan fingerprint density at radius 1 is 0.840 bits per heavy atom. The molecule has 134 valence electrons. The lowest BCUT2D eigenvalue weighted by Crippen LogP contribution is -2.51. The third-order valence-electron chi connectivity index (χ3n) is 4.73. The topological polar surface area (TPSA) is 24.1 Å². The molecule has 2 aromatic rings. The molecule has 1 saturated carbocycles. The largest absolute Gasteiger partial charge is 0.375 e. The van der Waals surface area contributed by atoms with Gasteiger partial charge in [-0.3, -0.25) is 0 Å². The molecule has 0 unspecified atom stereocenters. The molecule has 0 aromatic heterocycles. The molecule has 3 rings (SSSR count). The number of hydrogen-bond acceptors (Lipinski definition) is 2. The van der Waals surface area contributed by atoms with E-state index in [1.165, 1.54) is 36.8 Å².